The molecule has 1 saturated carbocycles. The predicted octanol–water partition coefficient (Wildman–Crippen LogP) is 2.35. The van der Waals surface area contributed by atoms with E-state index in [0.717, 1.165) is 29.3 Å². The van der Waals surface area contributed by atoms with Gasteiger partial charge >= 0.3 is 5.97 Å². The van der Waals surface area contributed by atoms with Crippen LogP contribution in [0.3, 0.4) is 0 Å². The molecule has 1 aromatic heterocycles. The summed E-state index contributed by atoms with van der Waals surface area (Å²) >= 11 is 0. The fourth-order valence-electron chi connectivity index (χ4n) is 3.88. The molecule has 2 fully saturated rings. The van der Waals surface area contributed by atoms with E-state index in [1.807, 2.05) is 30.3 Å². The van der Waals surface area contributed by atoms with Crippen molar-refractivity contribution in [3.8, 4) is 0 Å². The molecule has 0 radical (unpaired) electrons. The van der Waals surface area contributed by atoms with Gasteiger partial charge in [-0.25, -0.2) is 0 Å². The quantitative estimate of drug-likeness (QED) is 0.937. The number of carbonyl (C=O) groups is 2. The van der Waals surface area contributed by atoms with Gasteiger partial charge in [0.15, 0.2) is 0 Å². The number of pyridine rings is 1. The molecule has 0 unspecified atom stereocenters. The Morgan fingerprint density at radius 2 is 1.96 bits per heavy atom. The van der Waals surface area contributed by atoms with Crippen LogP contribution >= 0.6 is 0 Å². The van der Waals surface area contributed by atoms with E-state index >= 15 is 0 Å². The Bertz CT molecular complexity index is 795. The largest absolute Gasteiger partial charge is 0.481 e. The summed E-state index contributed by atoms with van der Waals surface area (Å²) in [5, 5.41) is 10.5. The Kier molecular flexibility index (Phi) is 3.71. The first-order valence-corrected chi connectivity index (χ1v) is 8.46. The highest BCUT2D eigenvalue weighted by Gasteiger charge is 2.46. The summed E-state index contributed by atoms with van der Waals surface area (Å²) in [4.78, 5) is 30.3. The number of hydrogen-bond acceptors (Lipinski definition) is 3. The van der Waals surface area contributed by atoms with Crippen molar-refractivity contribution < 1.29 is 14.7 Å². The zero-order valence-electron chi connectivity index (χ0n) is 13.4. The van der Waals surface area contributed by atoms with Crippen LogP contribution in [0.1, 0.15) is 18.4 Å². The molecule has 5 heteroatoms. The van der Waals surface area contributed by atoms with Gasteiger partial charge in [0, 0.05) is 24.7 Å². The van der Waals surface area contributed by atoms with Crippen LogP contribution in [0.5, 0.6) is 0 Å². The third kappa shape index (κ3) is 2.75. The summed E-state index contributed by atoms with van der Waals surface area (Å²) in [5.41, 5.74) is 1.75. The molecule has 4 rings (SSSR count). The van der Waals surface area contributed by atoms with Gasteiger partial charge in [0.25, 0.3) is 0 Å². The number of carboxylic acids is 1. The van der Waals surface area contributed by atoms with Gasteiger partial charge in [0.2, 0.25) is 5.91 Å². The lowest BCUT2D eigenvalue weighted by molar-refractivity contribution is -0.142. The molecule has 0 bridgehead atoms. The summed E-state index contributed by atoms with van der Waals surface area (Å²) < 4.78 is 0. The molecule has 1 N–H and O–H groups in total. The van der Waals surface area contributed by atoms with Crippen molar-refractivity contribution in [3.05, 3.63) is 42.1 Å². The number of benzene rings is 1. The van der Waals surface area contributed by atoms with Crippen LogP contribution in [-0.4, -0.2) is 40.0 Å². The van der Waals surface area contributed by atoms with Gasteiger partial charge in [-0.1, -0.05) is 24.3 Å². The SMILES string of the molecule is O=C(O)[C@H]1CN(C(=O)Cc2cccc3cccnc23)C[C@@H]1C1CC1. The van der Waals surface area contributed by atoms with Crippen LogP contribution in [0.15, 0.2) is 36.5 Å². The fraction of sp³-hybridized carbons (Fsp3) is 0.421. The first-order chi connectivity index (χ1) is 11.6. The van der Waals surface area contributed by atoms with Crippen molar-refractivity contribution >= 4 is 22.8 Å². The smallest absolute Gasteiger partial charge is 0.308 e. The minimum absolute atomic E-state index is 0.00236. The minimum atomic E-state index is -0.769. The van der Waals surface area contributed by atoms with E-state index in [9.17, 15) is 14.7 Å². The van der Waals surface area contributed by atoms with E-state index in [0.29, 0.717) is 19.0 Å². The van der Waals surface area contributed by atoms with Gasteiger partial charge in [-0.2, -0.15) is 0 Å². The van der Waals surface area contributed by atoms with Crippen molar-refractivity contribution in [2.75, 3.05) is 13.1 Å². The van der Waals surface area contributed by atoms with Crippen LogP contribution in [-0.2, 0) is 16.0 Å². The van der Waals surface area contributed by atoms with Crippen LogP contribution in [0.4, 0.5) is 0 Å². The number of hydrogen-bond donors (Lipinski definition) is 1. The number of rotatable bonds is 4. The average molecular weight is 324 g/mol. The third-order valence-electron chi connectivity index (χ3n) is 5.32. The first-order valence-electron chi connectivity index (χ1n) is 8.46. The monoisotopic (exact) mass is 324 g/mol. The zero-order valence-corrected chi connectivity index (χ0v) is 13.4. The summed E-state index contributed by atoms with van der Waals surface area (Å²) in [5.74, 6) is -0.566. The highest BCUT2D eigenvalue weighted by molar-refractivity contribution is 5.88. The maximum atomic E-state index is 12.7. The lowest BCUT2D eigenvalue weighted by atomic mass is 9.92. The van der Waals surface area contributed by atoms with Crippen molar-refractivity contribution in [3.63, 3.8) is 0 Å². The number of carboxylic acid groups (broad SMARTS) is 1. The van der Waals surface area contributed by atoms with E-state index in [4.69, 9.17) is 0 Å². The predicted molar refractivity (Wildman–Crippen MR) is 89.4 cm³/mol. The van der Waals surface area contributed by atoms with E-state index in [1.165, 1.54) is 0 Å². The van der Waals surface area contributed by atoms with Crippen molar-refractivity contribution in [1.82, 2.24) is 9.88 Å². The fourth-order valence-corrected chi connectivity index (χ4v) is 3.88. The van der Waals surface area contributed by atoms with E-state index in [2.05, 4.69) is 4.98 Å². The number of carbonyl (C=O) groups excluding carboxylic acids is 1. The highest BCUT2D eigenvalue weighted by Crippen LogP contribution is 2.44. The number of aliphatic carboxylic acids is 1. The Balaban J connectivity index is 1.53. The average Bonchev–Trinajstić information content (AvgIpc) is 3.33. The Hall–Kier alpha value is -2.43. The minimum Gasteiger partial charge on any atom is -0.481 e. The first kappa shape index (κ1) is 15.1. The second-order valence-corrected chi connectivity index (χ2v) is 6.91. The lowest BCUT2D eigenvalue weighted by Gasteiger charge is -2.16. The number of nitrogens with zero attached hydrogens (tertiary/aromatic N) is 2. The number of para-hydroxylation sites is 1. The number of aromatic nitrogens is 1. The second kappa shape index (κ2) is 5.89. The molecule has 1 saturated heterocycles. The summed E-state index contributed by atoms with van der Waals surface area (Å²) in [6.07, 6.45) is 4.21. The van der Waals surface area contributed by atoms with Gasteiger partial charge in [0.05, 0.1) is 17.9 Å². The molecule has 0 spiro atoms. The lowest BCUT2D eigenvalue weighted by Crippen LogP contribution is -2.31. The molecular formula is C19H20N2O3. The molecule has 124 valence electrons. The summed E-state index contributed by atoms with van der Waals surface area (Å²) in [6.45, 7) is 0.923. The maximum Gasteiger partial charge on any atom is 0.308 e. The topological polar surface area (TPSA) is 70.5 Å². The Morgan fingerprint density at radius 3 is 2.71 bits per heavy atom. The van der Waals surface area contributed by atoms with Crippen molar-refractivity contribution in [2.24, 2.45) is 17.8 Å². The molecule has 1 amide bonds. The van der Waals surface area contributed by atoms with Gasteiger partial charge < -0.3 is 10.0 Å². The van der Waals surface area contributed by atoms with Gasteiger partial charge in [-0.3, -0.25) is 14.6 Å². The number of fused-ring (bicyclic) bond motifs is 1. The standard InChI is InChI=1S/C19H20N2O3/c22-17(9-14-4-1-3-13-5-2-8-20-18(13)14)21-10-15(12-6-7-12)16(11-21)19(23)24/h1-5,8,12,15-16H,6-7,9-11H2,(H,23,24)/t15-,16+/m1/s1. The number of likely N-dealkylation sites (tertiary alicyclic amines) is 1. The van der Waals surface area contributed by atoms with Gasteiger partial charge in [0.1, 0.15) is 0 Å². The highest BCUT2D eigenvalue weighted by atomic mass is 16.4. The maximum absolute atomic E-state index is 12.7. The molecule has 5 nitrogen and oxygen atoms in total. The Labute approximate surface area is 140 Å². The Morgan fingerprint density at radius 1 is 1.17 bits per heavy atom. The van der Waals surface area contributed by atoms with E-state index in [1.54, 1.807) is 11.1 Å². The molecule has 2 heterocycles. The number of amides is 1. The van der Waals surface area contributed by atoms with Crippen LogP contribution in [0.25, 0.3) is 10.9 Å². The summed E-state index contributed by atoms with van der Waals surface area (Å²) in [7, 11) is 0. The third-order valence-corrected chi connectivity index (χ3v) is 5.32. The van der Waals surface area contributed by atoms with E-state index in [-0.39, 0.29) is 18.2 Å². The van der Waals surface area contributed by atoms with Crippen LogP contribution in [0, 0.1) is 17.8 Å². The molecule has 24 heavy (non-hydrogen) atoms. The summed E-state index contributed by atoms with van der Waals surface area (Å²) in [6, 6.07) is 9.71. The molecule has 1 aromatic carbocycles. The molecule has 1 aliphatic heterocycles. The zero-order chi connectivity index (χ0) is 16.7. The molecule has 2 aliphatic rings. The van der Waals surface area contributed by atoms with Crippen molar-refractivity contribution in [2.45, 2.75) is 19.3 Å². The van der Waals surface area contributed by atoms with Crippen LogP contribution in [0.2, 0.25) is 0 Å². The van der Waals surface area contributed by atoms with Crippen LogP contribution < -0.4 is 0 Å². The van der Waals surface area contributed by atoms with Gasteiger partial charge in [-0.15, -0.1) is 0 Å². The molecule has 2 aromatic rings. The van der Waals surface area contributed by atoms with Gasteiger partial charge in [-0.05, 0) is 36.3 Å². The molecule has 2 atom stereocenters. The molecular weight excluding hydrogens is 304 g/mol. The van der Waals surface area contributed by atoms with Crippen molar-refractivity contribution in [1.29, 1.82) is 0 Å². The van der Waals surface area contributed by atoms with E-state index < -0.39 is 11.9 Å². The second-order valence-electron chi connectivity index (χ2n) is 6.91. The normalized spacial score (nSPS) is 23.6. The molecule has 1 aliphatic carbocycles.